The summed E-state index contributed by atoms with van der Waals surface area (Å²) in [6.45, 7) is 0.485. The minimum absolute atomic E-state index is 0.124. The highest BCUT2D eigenvalue weighted by molar-refractivity contribution is 5.48. The maximum Gasteiger partial charge on any atom is 0.128 e. The van der Waals surface area contributed by atoms with Crippen LogP contribution in [0.25, 0.3) is 0 Å². The predicted octanol–water partition coefficient (Wildman–Crippen LogP) is 0.842. The number of methoxy groups -OCH3 is 3. The quantitative estimate of drug-likeness (QED) is 0.772. The lowest BCUT2D eigenvalue weighted by atomic mass is 10.0. The van der Waals surface area contributed by atoms with Gasteiger partial charge in [-0.3, -0.25) is 0 Å². The van der Waals surface area contributed by atoms with Gasteiger partial charge in [0.15, 0.2) is 0 Å². The van der Waals surface area contributed by atoms with Crippen molar-refractivity contribution in [3.05, 3.63) is 23.3 Å². The van der Waals surface area contributed by atoms with Crippen molar-refractivity contribution in [3.63, 3.8) is 0 Å². The molecule has 3 N–H and O–H groups in total. The number of aliphatic hydroxyl groups excluding tert-OH is 1. The van der Waals surface area contributed by atoms with Gasteiger partial charge in [0, 0.05) is 25.3 Å². The van der Waals surface area contributed by atoms with Crippen molar-refractivity contribution >= 4 is 0 Å². The second-order valence-electron chi connectivity index (χ2n) is 3.59. The van der Waals surface area contributed by atoms with Crippen molar-refractivity contribution in [3.8, 4) is 11.5 Å². The molecular weight excluding hydrogens is 222 g/mol. The average Bonchev–Trinajstić information content (AvgIpc) is 2.37. The van der Waals surface area contributed by atoms with Crippen molar-refractivity contribution in [2.45, 2.75) is 12.7 Å². The van der Waals surface area contributed by atoms with Crippen molar-refractivity contribution < 1.29 is 19.3 Å². The van der Waals surface area contributed by atoms with E-state index in [2.05, 4.69) is 0 Å². The van der Waals surface area contributed by atoms with Gasteiger partial charge in [-0.1, -0.05) is 0 Å². The molecule has 0 saturated heterocycles. The minimum Gasteiger partial charge on any atom is -0.497 e. The zero-order chi connectivity index (χ0) is 12.8. The minimum atomic E-state index is -0.777. The van der Waals surface area contributed by atoms with E-state index in [0.717, 1.165) is 5.56 Å². The number of benzene rings is 1. The highest BCUT2D eigenvalue weighted by atomic mass is 16.5. The van der Waals surface area contributed by atoms with Gasteiger partial charge in [0.25, 0.3) is 0 Å². The normalized spacial score (nSPS) is 12.3. The first-order valence-electron chi connectivity index (χ1n) is 5.29. The Hall–Kier alpha value is -1.30. The van der Waals surface area contributed by atoms with E-state index in [0.29, 0.717) is 23.7 Å². The molecule has 0 heterocycles. The molecule has 17 heavy (non-hydrogen) atoms. The van der Waals surface area contributed by atoms with Gasteiger partial charge in [0.2, 0.25) is 0 Å². The Morgan fingerprint density at radius 1 is 1.24 bits per heavy atom. The Bertz CT molecular complexity index is 368. The van der Waals surface area contributed by atoms with E-state index in [1.54, 1.807) is 26.4 Å². The fourth-order valence-corrected chi connectivity index (χ4v) is 1.71. The van der Waals surface area contributed by atoms with Crippen LogP contribution < -0.4 is 15.2 Å². The van der Waals surface area contributed by atoms with Gasteiger partial charge < -0.3 is 25.1 Å². The van der Waals surface area contributed by atoms with E-state index in [-0.39, 0.29) is 6.54 Å². The predicted molar refractivity (Wildman–Crippen MR) is 64.3 cm³/mol. The maximum absolute atomic E-state index is 9.91. The fourth-order valence-electron chi connectivity index (χ4n) is 1.71. The first-order chi connectivity index (χ1) is 8.17. The largest absolute Gasteiger partial charge is 0.497 e. The molecule has 96 valence electrons. The average molecular weight is 241 g/mol. The van der Waals surface area contributed by atoms with Gasteiger partial charge >= 0.3 is 0 Å². The van der Waals surface area contributed by atoms with Crippen LogP contribution in [0.3, 0.4) is 0 Å². The molecule has 0 aliphatic heterocycles. The zero-order valence-corrected chi connectivity index (χ0v) is 10.4. The summed E-state index contributed by atoms with van der Waals surface area (Å²) in [5, 5.41) is 9.91. The van der Waals surface area contributed by atoms with E-state index >= 15 is 0 Å². The molecule has 1 atom stereocenters. The highest BCUT2D eigenvalue weighted by Gasteiger charge is 2.18. The molecule has 0 radical (unpaired) electrons. The Labute approximate surface area is 101 Å². The molecule has 0 spiro atoms. The number of hydrogen-bond acceptors (Lipinski definition) is 5. The van der Waals surface area contributed by atoms with Gasteiger partial charge in [0.05, 0.1) is 26.9 Å². The smallest absolute Gasteiger partial charge is 0.128 e. The number of ether oxygens (including phenoxy) is 3. The first-order valence-corrected chi connectivity index (χ1v) is 5.29. The molecular formula is C12H19NO4. The lowest BCUT2D eigenvalue weighted by Crippen LogP contribution is -2.15. The SMILES string of the molecule is COCc1cc(OC)cc(OC)c1C(O)CN. The zero-order valence-electron chi connectivity index (χ0n) is 10.4. The summed E-state index contributed by atoms with van der Waals surface area (Å²) >= 11 is 0. The molecule has 1 unspecified atom stereocenters. The van der Waals surface area contributed by atoms with Gasteiger partial charge in [0.1, 0.15) is 11.5 Å². The first kappa shape index (κ1) is 13.8. The van der Waals surface area contributed by atoms with Gasteiger partial charge in [-0.15, -0.1) is 0 Å². The maximum atomic E-state index is 9.91. The molecule has 1 rings (SSSR count). The number of aliphatic hydroxyl groups is 1. The van der Waals surface area contributed by atoms with Crippen molar-refractivity contribution in [2.24, 2.45) is 5.73 Å². The van der Waals surface area contributed by atoms with Gasteiger partial charge in [-0.05, 0) is 11.6 Å². The van der Waals surface area contributed by atoms with Crippen LogP contribution in [0.5, 0.6) is 11.5 Å². The molecule has 0 bridgehead atoms. The monoisotopic (exact) mass is 241 g/mol. The standard InChI is InChI=1S/C12H19NO4/c1-15-7-8-4-9(16-2)5-11(17-3)12(8)10(14)6-13/h4-5,10,14H,6-7,13H2,1-3H3. The van der Waals surface area contributed by atoms with Crippen molar-refractivity contribution in [1.29, 1.82) is 0 Å². The van der Waals surface area contributed by atoms with Crippen LogP contribution in [-0.2, 0) is 11.3 Å². The van der Waals surface area contributed by atoms with E-state index in [4.69, 9.17) is 19.9 Å². The molecule has 5 heteroatoms. The van der Waals surface area contributed by atoms with Crippen LogP contribution in [0.15, 0.2) is 12.1 Å². The van der Waals surface area contributed by atoms with E-state index in [1.165, 1.54) is 7.11 Å². The van der Waals surface area contributed by atoms with Crippen LogP contribution >= 0.6 is 0 Å². The molecule has 0 amide bonds. The lowest BCUT2D eigenvalue weighted by molar-refractivity contribution is 0.162. The molecule has 0 aromatic heterocycles. The third-order valence-corrected chi connectivity index (χ3v) is 2.51. The lowest BCUT2D eigenvalue weighted by Gasteiger charge is -2.18. The summed E-state index contributed by atoms with van der Waals surface area (Å²) in [7, 11) is 4.70. The van der Waals surface area contributed by atoms with Crippen LogP contribution in [0, 0.1) is 0 Å². The van der Waals surface area contributed by atoms with E-state index in [1.807, 2.05) is 0 Å². The van der Waals surface area contributed by atoms with Gasteiger partial charge in [-0.2, -0.15) is 0 Å². The molecule has 0 aliphatic carbocycles. The summed E-state index contributed by atoms with van der Waals surface area (Å²) in [5.41, 5.74) is 6.94. The summed E-state index contributed by atoms with van der Waals surface area (Å²) in [5.74, 6) is 1.20. The summed E-state index contributed by atoms with van der Waals surface area (Å²) < 4.78 is 15.5. The van der Waals surface area contributed by atoms with E-state index < -0.39 is 6.10 Å². The third kappa shape index (κ3) is 3.09. The Morgan fingerprint density at radius 3 is 2.41 bits per heavy atom. The van der Waals surface area contributed by atoms with Crippen molar-refractivity contribution in [1.82, 2.24) is 0 Å². The fraction of sp³-hybridized carbons (Fsp3) is 0.500. The molecule has 0 fully saturated rings. The number of hydrogen-bond donors (Lipinski definition) is 2. The molecule has 1 aromatic carbocycles. The van der Waals surface area contributed by atoms with Crippen LogP contribution in [0.2, 0.25) is 0 Å². The van der Waals surface area contributed by atoms with E-state index in [9.17, 15) is 5.11 Å². The summed E-state index contributed by atoms with van der Waals surface area (Å²) in [6, 6.07) is 3.52. The van der Waals surface area contributed by atoms with Gasteiger partial charge in [-0.25, -0.2) is 0 Å². The molecule has 1 aromatic rings. The number of rotatable bonds is 6. The number of nitrogens with two attached hydrogens (primary N) is 1. The summed E-state index contributed by atoms with van der Waals surface area (Å²) in [6.07, 6.45) is -0.777. The topological polar surface area (TPSA) is 73.9 Å². The molecule has 0 saturated carbocycles. The molecule has 5 nitrogen and oxygen atoms in total. The van der Waals surface area contributed by atoms with Crippen LogP contribution in [-0.4, -0.2) is 33.0 Å². The van der Waals surface area contributed by atoms with Crippen molar-refractivity contribution in [2.75, 3.05) is 27.9 Å². The third-order valence-electron chi connectivity index (χ3n) is 2.51. The second-order valence-corrected chi connectivity index (χ2v) is 3.59. The van der Waals surface area contributed by atoms with Crippen LogP contribution in [0.4, 0.5) is 0 Å². The van der Waals surface area contributed by atoms with Crippen LogP contribution in [0.1, 0.15) is 17.2 Å². The Kier molecular flexibility index (Phi) is 5.21. The summed E-state index contributed by atoms with van der Waals surface area (Å²) in [4.78, 5) is 0. The highest BCUT2D eigenvalue weighted by Crippen LogP contribution is 2.33. The molecule has 0 aliphatic rings. The second kappa shape index (κ2) is 6.44. The Morgan fingerprint density at radius 2 is 1.94 bits per heavy atom. The Balaban J connectivity index is 3.29.